The van der Waals surface area contributed by atoms with E-state index in [-0.39, 0.29) is 17.1 Å². The predicted molar refractivity (Wildman–Crippen MR) is 83.9 cm³/mol. The predicted octanol–water partition coefficient (Wildman–Crippen LogP) is 2.86. The van der Waals surface area contributed by atoms with Gasteiger partial charge in [0.2, 0.25) is 0 Å². The SMILES string of the molecule is CC(NC(=O)N1CCCC(n2cncn2)C1)c1nc(C(F)(F)F)cs1. The summed E-state index contributed by atoms with van der Waals surface area (Å²) in [5.41, 5.74) is -0.933. The highest BCUT2D eigenvalue weighted by Crippen LogP contribution is 2.31. The average molecular weight is 374 g/mol. The lowest BCUT2D eigenvalue weighted by molar-refractivity contribution is -0.140. The van der Waals surface area contributed by atoms with Gasteiger partial charge in [-0.25, -0.2) is 19.4 Å². The number of urea groups is 1. The number of aromatic nitrogens is 4. The summed E-state index contributed by atoms with van der Waals surface area (Å²) >= 11 is 0.885. The summed E-state index contributed by atoms with van der Waals surface area (Å²) < 4.78 is 39.6. The van der Waals surface area contributed by atoms with E-state index >= 15 is 0 Å². The maximum atomic E-state index is 12.6. The van der Waals surface area contributed by atoms with E-state index in [1.165, 1.54) is 6.33 Å². The normalized spacial score (nSPS) is 19.7. The second-order valence-electron chi connectivity index (χ2n) is 5.86. The Morgan fingerprint density at radius 3 is 2.92 bits per heavy atom. The van der Waals surface area contributed by atoms with Gasteiger partial charge in [0.05, 0.1) is 12.1 Å². The van der Waals surface area contributed by atoms with Crippen LogP contribution in [0.3, 0.4) is 0 Å². The molecule has 1 fully saturated rings. The number of rotatable bonds is 3. The van der Waals surface area contributed by atoms with Gasteiger partial charge in [-0.3, -0.25) is 0 Å². The van der Waals surface area contributed by atoms with Crippen LogP contribution in [0.15, 0.2) is 18.0 Å². The van der Waals surface area contributed by atoms with E-state index in [0.29, 0.717) is 13.1 Å². The van der Waals surface area contributed by atoms with Crippen molar-refractivity contribution in [1.29, 1.82) is 0 Å². The molecule has 2 unspecified atom stereocenters. The van der Waals surface area contributed by atoms with Crippen molar-refractivity contribution in [2.45, 2.75) is 38.0 Å². The van der Waals surface area contributed by atoms with Crippen molar-refractivity contribution in [3.63, 3.8) is 0 Å². The van der Waals surface area contributed by atoms with Gasteiger partial charge in [0.25, 0.3) is 0 Å². The van der Waals surface area contributed by atoms with Crippen LogP contribution in [0.2, 0.25) is 0 Å². The average Bonchev–Trinajstić information content (AvgIpc) is 3.26. The van der Waals surface area contributed by atoms with Gasteiger partial charge in [-0.2, -0.15) is 18.3 Å². The van der Waals surface area contributed by atoms with Crippen molar-refractivity contribution in [3.05, 3.63) is 28.7 Å². The van der Waals surface area contributed by atoms with E-state index in [0.717, 1.165) is 29.6 Å². The Labute approximate surface area is 145 Å². The van der Waals surface area contributed by atoms with Crippen LogP contribution in [0.25, 0.3) is 0 Å². The zero-order chi connectivity index (χ0) is 18.0. The van der Waals surface area contributed by atoms with E-state index in [1.807, 2.05) is 0 Å². The fraction of sp³-hybridized carbons (Fsp3) is 0.571. The third kappa shape index (κ3) is 4.09. The highest BCUT2D eigenvalue weighted by atomic mass is 32.1. The van der Waals surface area contributed by atoms with Crippen LogP contribution in [0.1, 0.15) is 42.6 Å². The van der Waals surface area contributed by atoms with Crippen molar-refractivity contribution in [2.24, 2.45) is 0 Å². The van der Waals surface area contributed by atoms with Gasteiger partial charge >= 0.3 is 12.2 Å². The fourth-order valence-corrected chi connectivity index (χ4v) is 3.55. The molecule has 1 aliphatic heterocycles. The van der Waals surface area contributed by atoms with Crippen LogP contribution in [-0.2, 0) is 6.18 Å². The number of carbonyl (C=O) groups is 1. The van der Waals surface area contributed by atoms with Crippen molar-refractivity contribution >= 4 is 17.4 Å². The molecule has 136 valence electrons. The number of hydrogen-bond donors (Lipinski definition) is 1. The second kappa shape index (κ2) is 6.98. The topological polar surface area (TPSA) is 75.9 Å². The summed E-state index contributed by atoms with van der Waals surface area (Å²) in [4.78, 5) is 21.6. The second-order valence-corrected chi connectivity index (χ2v) is 6.75. The number of alkyl halides is 3. The third-order valence-corrected chi connectivity index (χ3v) is 5.04. The van der Waals surface area contributed by atoms with Crippen LogP contribution in [0.4, 0.5) is 18.0 Å². The Morgan fingerprint density at radius 1 is 1.48 bits per heavy atom. The number of halogens is 3. The highest BCUT2D eigenvalue weighted by Gasteiger charge is 2.34. The zero-order valence-corrected chi connectivity index (χ0v) is 14.2. The minimum absolute atomic E-state index is 0.0500. The van der Waals surface area contributed by atoms with Crippen molar-refractivity contribution in [3.8, 4) is 0 Å². The summed E-state index contributed by atoms with van der Waals surface area (Å²) in [6, 6.07) is -0.865. The van der Waals surface area contributed by atoms with E-state index < -0.39 is 17.9 Å². The molecule has 0 radical (unpaired) electrons. The molecule has 3 rings (SSSR count). The van der Waals surface area contributed by atoms with Gasteiger partial charge in [0.15, 0.2) is 5.69 Å². The molecular weight excluding hydrogens is 357 g/mol. The van der Waals surface area contributed by atoms with Crippen LogP contribution < -0.4 is 5.32 Å². The number of piperidine rings is 1. The first-order chi connectivity index (χ1) is 11.8. The molecular formula is C14H17F3N6OS. The van der Waals surface area contributed by atoms with E-state index in [1.54, 1.807) is 22.8 Å². The molecule has 25 heavy (non-hydrogen) atoms. The minimum atomic E-state index is -4.48. The molecule has 0 bridgehead atoms. The largest absolute Gasteiger partial charge is 0.434 e. The fourth-order valence-electron chi connectivity index (χ4n) is 2.72. The molecule has 7 nitrogen and oxygen atoms in total. The minimum Gasteiger partial charge on any atom is -0.329 e. The molecule has 0 spiro atoms. The molecule has 0 aliphatic carbocycles. The van der Waals surface area contributed by atoms with Crippen molar-refractivity contribution < 1.29 is 18.0 Å². The molecule has 0 saturated carbocycles. The first kappa shape index (κ1) is 17.6. The van der Waals surface area contributed by atoms with Gasteiger partial charge in [0.1, 0.15) is 17.7 Å². The Bertz CT molecular complexity index is 716. The van der Waals surface area contributed by atoms with Gasteiger partial charge in [-0.05, 0) is 19.8 Å². The Balaban J connectivity index is 1.60. The highest BCUT2D eigenvalue weighted by molar-refractivity contribution is 7.09. The molecule has 11 heteroatoms. The summed E-state index contributed by atoms with van der Waals surface area (Å²) in [6.45, 7) is 2.69. The van der Waals surface area contributed by atoms with Gasteiger partial charge in [0, 0.05) is 18.5 Å². The van der Waals surface area contributed by atoms with E-state index in [4.69, 9.17) is 0 Å². The number of hydrogen-bond acceptors (Lipinski definition) is 5. The van der Waals surface area contributed by atoms with E-state index in [9.17, 15) is 18.0 Å². The summed E-state index contributed by atoms with van der Waals surface area (Å²) in [7, 11) is 0. The monoisotopic (exact) mass is 374 g/mol. The first-order valence-corrected chi connectivity index (χ1v) is 8.64. The van der Waals surface area contributed by atoms with E-state index in [2.05, 4.69) is 20.4 Å². The molecule has 2 aromatic heterocycles. The Kier molecular flexibility index (Phi) is 4.93. The zero-order valence-electron chi connectivity index (χ0n) is 13.4. The van der Waals surface area contributed by atoms with Crippen molar-refractivity contribution in [1.82, 2.24) is 30.0 Å². The molecule has 2 aromatic rings. The van der Waals surface area contributed by atoms with Gasteiger partial charge < -0.3 is 10.2 Å². The van der Waals surface area contributed by atoms with Gasteiger partial charge in [-0.1, -0.05) is 0 Å². The first-order valence-electron chi connectivity index (χ1n) is 7.77. The number of nitrogens with one attached hydrogen (secondary N) is 1. The van der Waals surface area contributed by atoms with Crippen LogP contribution in [0.5, 0.6) is 0 Å². The summed E-state index contributed by atoms with van der Waals surface area (Å²) in [6.07, 6.45) is 0.299. The summed E-state index contributed by atoms with van der Waals surface area (Å²) in [5, 5.41) is 8.00. The van der Waals surface area contributed by atoms with Gasteiger partial charge in [-0.15, -0.1) is 11.3 Å². The molecule has 2 amide bonds. The number of amides is 2. The smallest absolute Gasteiger partial charge is 0.329 e. The van der Waals surface area contributed by atoms with Crippen LogP contribution in [-0.4, -0.2) is 43.8 Å². The molecule has 0 aromatic carbocycles. The lowest BCUT2D eigenvalue weighted by Gasteiger charge is -2.33. The third-order valence-electron chi connectivity index (χ3n) is 4.02. The molecule has 1 aliphatic rings. The lowest BCUT2D eigenvalue weighted by atomic mass is 10.1. The molecule has 2 atom stereocenters. The Morgan fingerprint density at radius 2 is 2.28 bits per heavy atom. The van der Waals surface area contributed by atoms with Crippen LogP contribution >= 0.6 is 11.3 Å². The standard InChI is InChI=1S/C14H17F3N6OS/c1-9(12-21-11(6-25-12)14(15,16)17)20-13(24)22-4-2-3-10(5-22)23-8-18-7-19-23/h6-10H,2-5H2,1H3,(H,20,24). The maximum Gasteiger partial charge on any atom is 0.434 e. The number of likely N-dealkylation sites (tertiary alicyclic amines) is 1. The van der Waals surface area contributed by atoms with Crippen molar-refractivity contribution in [2.75, 3.05) is 13.1 Å². The Hall–Kier alpha value is -2.17. The molecule has 1 N–H and O–H groups in total. The maximum absolute atomic E-state index is 12.6. The lowest BCUT2D eigenvalue weighted by Crippen LogP contribution is -2.46. The summed E-state index contributed by atoms with van der Waals surface area (Å²) in [5.74, 6) is 0. The number of nitrogens with zero attached hydrogens (tertiary/aromatic N) is 5. The number of carbonyl (C=O) groups excluding carboxylic acids is 1. The molecule has 3 heterocycles. The van der Waals surface area contributed by atoms with Crippen LogP contribution in [0, 0.1) is 0 Å². The number of thiazole rings is 1. The molecule has 1 saturated heterocycles. The quantitative estimate of drug-likeness (QED) is 0.896.